The van der Waals surface area contributed by atoms with Gasteiger partial charge in [0.1, 0.15) is 12.0 Å². The number of carbonyl (C=O) groups is 1. The molecular weight excluding hydrogens is 256 g/mol. The molecule has 1 N–H and O–H groups in total. The van der Waals surface area contributed by atoms with Crippen LogP contribution in [0.25, 0.3) is 0 Å². The Hall–Kier alpha value is -2.49. The van der Waals surface area contributed by atoms with Gasteiger partial charge < -0.3 is 19.4 Å². The Kier molecular flexibility index (Phi) is 4.25. The standard InChI is InChI=1S/C16H16O4/c1-19-15-8-7-11(9-16(15)20-2)13(10-17)12-5-3-4-6-14(12)18/h3-10,13,18H,1-2H3. The Morgan fingerprint density at radius 3 is 2.35 bits per heavy atom. The monoisotopic (exact) mass is 272 g/mol. The molecule has 104 valence electrons. The summed E-state index contributed by atoms with van der Waals surface area (Å²) >= 11 is 0. The van der Waals surface area contributed by atoms with Crippen LogP contribution in [-0.4, -0.2) is 25.6 Å². The van der Waals surface area contributed by atoms with E-state index in [1.807, 2.05) is 0 Å². The number of hydrogen-bond acceptors (Lipinski definition) is 4. The molecule has 0 radical (unpaired) electrons. The molecule has 4 nitrogen and oxygen atoms in total. The predicted octanol–water partition coefficient (Wildman–Crippen LogP) is 2.74. The summed E-state index contributed by atoms with van der Waals surface area (Å²) in [5, 5.41) is 9.89. The van der Waals surface area contributed by atoms with E-state index in [0.717, 1.165) is 11.8 Å². The van der Waals surface area contributed by atoms with Crippen molar-refractivity contribution >= 4 is 6.29 Å². The number of aromatic hydroxyl groups is 1. The number of ether oxygens (including phenoxy) is 2. The lowest BCUT2D eigenvalue weighted by atomic mass is 9.91. The van der Waals surface area contributed by atoms with Gasteiger partial charge >= 0.3 is 0 Å². The van der Waals surface area contributed by atoms with E-state index >= 15 is 0 Å². The Morgan fingerprint density at radius 1 is 1.05 bits per heavy atom. The van der Waals surface area contributed by atoms with E-state index in [1.165, 1.54) is 7.11 Å². The number of rotatable bonds is 5. The van der Waals surface area contributed by atoms with Crippen LogP contribution >= 0.6 is 0 Å². The van der Waals surface area contributed by atoms with E-state index in [1.54, 1.807) is 49.6 Å². The third-order valence-electron chi connectivity index (χ3n) is 3.17. The lowest BCUT2D eigenvalue weighted by molar-refractivity contribution is -0.108. The van der Waals surface area contributed by atoms with Gasteiger partial charge in [-0.15, -0.1) is 0 Å². The van der Waals surface area contributed by atoms with Gasteiger partial charge in [0, 0.05) is 5.56 Å². The molecular formula is C16H16O4. The topological polar surface area (TPSA) is 55.8 Å². The highest BCUT2D eigenvalue weighted by Gasteiger charge is 2.18. The first-order valence-electron chi connectivity index (χ1n) is 6.16. The molecule has 2 aromatic carbocycles. The lowest BCUT2D eigenvalue weighted by Gasteiger charge is -2.15. The lowest BCUT2D eigenvalue weighted by Crippen LogP contribution is -2.03. The second-order valence-corrected chi connectivity index (χ2v) is 4.29. The van der Waals surface area contributed by atoms with Crippen LogP contribution in [0.2, 0.25) is 0 Å². The van der Waals surface area contributed by atoms with Crippen molar-refractivity contribution in [2.75, 3.05) is 14.2 Å². The van der Waals surface area contributed by atoms with Crippen LogP contribution in [0.4, 0.5) is 0 Å². The van der Waals surface area contributed by atoms with E-state index in [4.69, 9.17) is 9.47 Å². The van der Waals surface area contributed by atoms with Crippen LogP contribution in [-0.2, 0) is 4.79 Å². The summed E-state index contributed by atoms with van der Waals surface area (Å²) in [5.41, 5.74) is 1.30. The van der Waals surface area contributed by atoms with Crippen molar-refractivity contribution < 1.29 is 19.4 Å². The number of phenols is 1. The molecule has 0 bridgehead atoms. The van der Waals surface area contributed by atoms with Gasteiger partial charge in [0.15, 0.2) is 11.5 Å². The minimum absolute atomic E-state index is 0.0967. The third-order valence-corrected chi connectivity index (χ3v) is 3.17. The van der Waals surface area contributed by atoms with Crippen LogP contribution < -0.4 is 9.47 Å². The number of aldehydes is 1. The Bertz CT molecular complexity index is 607. The van der Waals surface area contributed by atoms with Crippen molar-refractivity contribution in [2.45, 2.75) is 5.92 Å². The van der Waals surface area contributed by atoms with Gasteiger partial charge in [-0.2, -0.15) is 0 Å². The molecule has 1 unspecified atom stereocenters. The molecule has 0 amide bonds. The first kappa shape index (κ1) is 13.9. The molecule has 2 rings (SSSR count). The Morgan fingerprint density at radius 2 is 1.75 bits per heavy atom. The fourth-order valence-electron chi connectivity index (χ4n) is 2.13. The maximum absolute atomic E-state index is 11.4. The van der Waals surface area contributed by atoms with Gasteiger partial charge in [0.2, 0.25) is 0 Å². The van der Waals surface area contributed by atoms with Crippen molar-refractivity contribution in [1.29, 1.82) is 0 Å². The normalized spacial score (nSPS) is 11.7. The third kappa shape index (κ3) is 2.59. The van der Waals surface area contributed by atoms with E-state index in [-0.39, 0.29) is 5.75 Å². The SMILES string of the molecule is COc1ccc(C(C=O)c2ccccc2O)cc1OC. The highest BCUT2D eigenvalue weighted by atomic mass is 16.5. The molecule has 4 heteroatoms. The fraction of sp³-hybridized carbons (Fsp3) is 0.188. The Labute approximate surface area is 117 Å². The van der Waals surface area contributed by atoms with Gasteiger partial charge in [-0.25, -0.2) is 0 Å². The maximum Gasteiger partial charge on any atom is 0.161 e. The molecule has 0 aliphatic heterocycles. The van der Waals surface area contributed by atoms with Crippen LogP contribution in [0.5, 0.6) is 17.2 Å². The summed E-state index contributed by atoms with van der Waals surface area (Å²) in [7, 11) is 3.09. The fourth-order valence-corrected chi connectivity index (χ4v) is 2.13. The summed E-state index contributed by atoms with van der Waals surface area (Å²) in [6.45, 7) is 0. The van der Waals surface area contributed by atoms with Gasteiger partial charge in [-0.3, -0.25) is 0 Å². The molecule has 0 fully saturated rings. The van der Waals surface area contributed by atoms with Crippen molar-refractivity contribution in [2.24, 2.45) is 0 Å². The molecule has 0 saturated carbocycles. The summed E-state index contributed by atoms with van der Waals surface area (Å²) in [6.07, 6.45) is 0.802. The molecule has 1 atom stereocenters. The van der Waals surface area contributed by atoms with Crippen LogP contribution in [0.3, 0.4) is 0 Å². The molecule has 0 spiro atoms. The van der Waals surface area contributed by atoms with Crippen molar-refractivity contribution in [3.05, 3.63) is 53.6 Å². The van der Waals surface area contributed by atoms with Crippen LogP contribution in [0.15, 0.2) is 42.5 Å². The van der Waals surface area contributed by atoms with E-state index in [2.05, 4.69) is 0 Å². The number of methoxy groups -OCH3 is 2. The van der Waals surface area contributed by atoms with E-state index in [0.29, 0.717) is 17.1 Å². The predicted molar refractivity (Wildman–Crippen MR) is 75.6 cm³/mol. The molecule has 0 aliphatic carbocycles. The average molecular weight is 272 g/mol. The largest absolute Gasteiger partial charge is 0.508 e. The minimum atomic E-state index is -0.545. The first-order valence-corrected chi connectivity index (χ1v) is 6.16. The number of hydrogen-bond donors (Lipinski definition) is 1. The summed E-state index contributed by atoms with van der Waals surface area (Å²) in [5.74, 6) is 0.695. The molecule has 0 aliphatic rings. The number of benzene rings is 2. The number of phenolic OH excluding ortho intramolecular Hbond substituents is 1. The zero-order valence-electron chi connectivity index (χ0n) is 11.4. The highest BCUT2D eigenvalue weighted by molar-refractivity contribution is 5.71. The average Bonchev–Trinajstić information content (AvgIpc) is 2.49. The second-order valence-electron chi connectivity index (χ2n) is 4.29. The minimum Gasteiger partial charge on any atom is -0.508 e. The summed E-state index contributed by atoms with van der Waals surface area (Å²) in [4.78, 5) is 11.4. The van der Waals surface area contributed by atoms with Gasteiger partial charge in [-0.05, 0) is 23.8 Å². The van der Waals surface area contributed by atoms with Gasteiger partial charge in [-0.1, -0.05) is 24.3 Å². The second kappa shape index (κ2) is 6.10. The van der Waals surface area contributed by atoms with Gasteiger partial charge in [0.05, 0.1) is 20.1 Å². The first-order chi connectivity index (χ1) is 9.71. The van der Waals surface area contributed by atoms with Gasteiger partial charge in [0.25, 0.3) is 0 Å². The molecule has 2 aromatic rings. The summed E-state index contributed by atoms with van der Waals surface area (Å²) in [6, 6.07) is 12.1. The van der Waals surface area contributed by atoms with Crippen molar-refractivity contribution in [3.8, 4) is 17.2 Å². The Balaban J connectivity index is 2.47. The number of carbonyl (C=O) groups excluding carboxylic acids is 1. The van der Waals surface area contributed by atoms with Crippen molar-refractivity contribution in [3.63, 3.8) is 0 Å². The molecule has 0 heterocycles. The zero-order valence-corrected chi connectivity index (χ0v) is 11.4. The van der Waals surface area contributed by atoms with Crippen LogP contribution in [0.1, 0.15) is 17.0 Å². The van der Waals surface area contributed by atoms with E-state index in [9.17, 15) is 9.90 Å². The van der Waals surface area contributed by atoms with Crippen LogP contribution in [0, 0.1) is 0 Å². The smallest absolute Gasteiger partial charge is 0.161 e. The molecule has 20 heavy (non-hydrogen) atoms. The molecule has 0 saturated heterocycles. The quantitative estimate of drug-likeness (QED) is 0.850. The van der Waals surface area contributed by atoms with Crippen molar-refractivity contribution in [1.82, 2.24) is 0 Å². The van der Waals surface area contributed by atoms with E-state index < -0.39 is 5.92 Å². The molecule has 0 aromatic heterocycles. The number of para-hydroxylation sites is 1. The summed E-state index contributed by atoms with van der Waals surface area (Å²) < 4.78 is 10.4. The zero-order chi connectivity index (χ0) is 14.5. The highest BCUT2D eigenvalue weighted by Crippen LogP contribution is 2.34. The maximum atomic E-state index is 11.4.